The maximum atomic E-state index is 12.3. The van der Waals surface area contributed by atoms with E-state index in [-0.39, 0.29) is 0 Å². The van der Waals surface area contributed by atoms with E-state index in [2.05, 4.69) is 14.6 Å². The summed E-state index contributed by atoms with van der Waals surface area (Å²) in [5.74, 6) is -0.663. The highest BCUT2D eigenvalue weighted by atomic mass is 32.2. The van der Waals surface area contributed by atoms with Crippen molar-refractivity contribution >= 4 is 21.8 Å². The molecule has 1 aromatic heterocycles. The molecule has 0 amide bonds. The van der Waals surface area contributed by atoms with Crippen LogP contribution in [0.25, 0.3) is 0 Å². The third-order valence-corrected chi connectivity index (χ3v) is 5.28. The molecular formula is C11H17N3O4S. The average Bonchev–Trinajstić information content (AvgIpc) is 2.98. The van der Waals surface area contributed by atoms with Gasteiger partial charge in [-0.25, -0.2) is 8.42 Å². The molecule has 1 aliphatic carbocycles. The highest BCUT2D eigenvalue weighted by Crippen LogP contribution is 2.32. The van der Waals surface area contributed by atoms with Crippen molar-refractivity contribution < 1.29 is 17.9 Å². The summed E-state index contributed by atoms with van der Waals surface area (Å²) >= 11 is 0. The molecular weight excluding hydrogens is 270 g/mol. The molecule has 1 N–H and O–H groups in total. The highest BCUT2D eigenvalue weighted by Gasteiger charge is 2.42. The minimum absolute atomic E-state index is 0.385. The smallest absolute Gasteiger partial charge is 0.310 e. The Bertz CT molecular complexity index is 566. The third kappa shape index (κ3) is 2.73. The normalized spacial score (nSPS) is 23.3. The second-order valence-corrected chi connectivity index (χ2v) is 6.49. The largest absolute Gasteiger partial charge is 0.469 e. The van der Waals surface area contributed by atoms with Gasteiger partial charge in [-0.05, 0) is 12.8 Å². The summed E-state index contributed by atoms with van der Waals surface area (Å²) in [4.78, 5) is 11.6. The highest BCUT2D eigenvalue weighted by molar-refractivity contribution is 7.93. The van der Waals surface area contributed by atoms with E-state index in [1.54, 1.807) is 13.1 Å². The van der Waals surface area contributed by atoms with Crippen LogP contribution in [0.5, 0.6) is 0 Å². The molecule has 8 heteroatoms. The summed E-state index contributed by atoms with van der Waals surface area (Å²) in [5, 5.41) is 3.15. The molecule has 106 valence electrons. The number of ether oxygens (including phenoxy) is 1. The Labute approximate surface area is 112 Å². The van der Waals surface area contributed by atoms with Crippen LogP contribution in [0.2, 0.25) is 0 Å². The van der Waals surface area contributed by atoms with Crippen LogP contribution in [-0.4, -0.2) is 36.5 Å². The molecule has 2 unspecified atom stereocenters. The van der Waals surface area contributed by atoms with E-state index in [1.807, 2.05) is 0 Å². The number of esters is 1. The number of rotatable bonds is 4. The number of anilines is 1. The monoisotopic (exact) mass is 287 g/mol. The van der Waals surface area contributed by atoms with Gasteiger partial charge in [0.25, 0.3) is 0 Å². The van der Waals surface area contributed by atoms with Gasteiger partial charge in [0.1, 0.15) is 5.82 Å². The van der Waals surface area contributed by atoms with E-state index in [0.29, 0.717) is 25.1 Å². The van der Waals surface area contributed by atoms with E-state index in [0.717, 1.165) is 0 Å². The van der Waals surface area contributed by atoms with Crippen molar-refractivity contribution in [2.24, 2.45) is 13.0 Å². The lowest BCUT2D eigenvalue weighted by Crippen LogP contribution is -2.35. The Morgan fingerprint density at radius 3 is 2.84 bits per heavy atom. The number of carbonyl (C=O) groups is 1. The summed E-state index contributed by atoms with van der Waals surface area (Å²) < 4.78 is 33.2. The van der Waals surface area contributed by atoms with Gasteiger partial charge in [-0.2, -0.15) is 5.10 Å². The second kappa shape index (κ2) is 5.20. The molecule has 1 aliphatic rings. The predicted octanol–water partition coefficient (Wildman–Crippen LogP) is 0.503. The molecule has 0 bridgehead atoms. The molecule has 1 fully saturated rings. The number of aryl methyl sites for hydroxylation is 1. The minimum Gasteiger partial charge on any atom is -0.469 e. The Hall–Kier alpha value is -1.57. The fourth-order valence-electron chi connectivity index (χ4n) is 2.41. The first-order chi connectivity index (χ1) is 8.95. The van der Waals surface area contributed by atoms with E-state index < -0.39 is 27.2 Å². The lowest BCUT2D eigenvalue weighted by atomic mass is 10.1. The maximum absolute atomic E-state index is 12.3. The lowest BCUT2D eigenvalue weighted by Gasteiger charge is -2.18. The van der Waals surface area contributed by atoms with Gasteiger partial charge in [0.05, 0.1) is 24.5 Å². The van der Waals surface area contributed by atoms with Gasteiger partial charge >= 0.3 is 5.97 Å². The van der Waals surface area contributed by atoms with Crippen molar-refractivity contribution in [2.75, 3.05) is 11.8 Å². The van der Waals surface area contributed by atoms with Gasteiger partial charge in [0.2, 0.25) is 10.0 Å². The number of sulfonamides is 1. The van der Waals surface area contributed by atoms with E-state index in [1.165, 1.54) is 18.0 Å². The molecule has 0 aromatic carbocycles. The first-order valence-electron chi connectivity index (χ1n) is 6.03. The van der Waals surface area contributed by atoms with Gasteiger partial charge < -0.3 is 4.74 Å². The molecule has 0 saturated heterocycles. The summed E-state index contributed by atoms with van der Waals surface area (Å²) in [6, 6.07) is 1.57. The van der Waals surface area contributed by atoms with Crippen molar-refractivity contribution in [2.45, 2.75) is 24.5 Å². The fraction of sp³-hybridized carbons (Fsp3) is 0.636. The van der Waals surface area contributed by atoms with Crippen molar-refractivity contribution in [3.63, 3.8) is 0 Å². The van der Waals surface area contributed by atoms with E-state index in [9.17, 15) is 13.2 Å². The van der Waals surface area contributed by atoms with Crippen molar-refractivity contribution in [1.82, 2.24) is 9.78 Å². The molecule has 1 heterocycles. The summed E-state index contributed by atoms with van der Waals surface area (Å²) in [6.45, 7) is 0. The number of aromatic nitrogens is 2. The van der Waals surface area contributed by atoms with Crippen LogP contribution < -0.4 is 4.72 Å². The Kier molecular flexibility index (Phi) is 3.79. The first-order valence-corrected chi connectivity index (χ1v) is 7.58. The van der Waals surface area contributed by atoms with Crippen LogP contribution in [-0.2, 0) is 26.6 Å². The zero-order valence-electron chi connectivity index (χ0n) is 10.9. The van der Waals surface area contributed by atoms with E-state index >= 15 is 0 Å². The molecule has 2 atom stereocenters. The summed E-state index contributed by atoms with van der Waals surface area (Å²) in [7, 11) is -0.702. The van der Waals surface area contributed by atoms with Gasteiger partial charge in [-0.15, -0.1) is 0 Å². The van der Waals surface area contributed by atoms with Gasteiger partial charge in [-0.3, -0.25) is 14.2 Å². The number of nitrogens with one attached hydrogen (secondary N) is 1. The Morgan fingerprint density at radius 1 is 1.53 bits per heavy atom. The number of hydrogen-bond acceptors (Lipinski definition) is 5. The number of nitrogens with zero attached hydrogens (tertiary/aromatic N) is 2. The zero-order chi connectivity index (χ0) is 14.0. The molecule has 0 aliphatic heterocycles. The molecule has 7 nitrogen and oxygen atoms in total. The van der Waals surface area contributed by atoms with Crippen LogP contribution in [0.1, 0.15) is 19.3 Å². The Balaban J connectivity index is 2.19. The average molecular weight is 287 g/mol. The van der Waals surface area contributed by atoms with Crippen LogP contribution in [0.4, 0.5) is 5.82 Å². The molecule has 0 radical (unpaired) electrons. The fourth-order valence-corrected chi connectivity index (χ4v) is 4.21. The minimum atomic E-state index is -3.62. The van der Waals surface area contributed by atoms with Gasteiger partial charge in [-0.1, -0.05) is 6.42 Å². The molecule has 1 aromatic rings. The van der Waals surface area contributed by atoms with Gasteiger partial charge in [0.15, 0.2) is 0 Å². The molecule has 19 heavy (non-hydrogen) atoms. The molecule has 1 saturated carbocycles. The number of carbonyl (C=O) groups excluding carboxylic acids is 1. The van der Waals surface area contributed by atoms with Gasteiger partial charge in [0, 0.05) is 13.1 Å². The zero-order valence-corrected chi connectivity index (χ0v) is 11.7. The van der Waals surface area contributed by atoms with Crippen LogP contribution in [0.3, 0.4) is 0 Å². The number of methoxy groups -OCH3 is 1. The lowest BCUT2D eigenvalue weighted by molar-refractivity contribution is -0.145. The summed E-state index contributed by atoms with van der Waals surface area (Å²) in [5.41, 5.74) is 0. The van der Waals surface area contributed by atoms with Crippen LogP contribution >= 0.6 is 0 Å². The summed E-state index contributed by atoms with van der Waals surface area (Å²) in [6.07, 6.45) is 3.22. The van der Waals surface area contributed by atoms with Crippen LogP contribution in [0.15, 0.2) is 12.3 Å². The molecule has 0 spiro atoms. The van der Waals surface area contributed by atoms with E-state index in [4.69, 9.17) is 0 Å². The van der Waals surface area contributed by atoms with Crippen LogP contribution in [0, 0.1) is 5.92 Å². The van der Waals surface area contributed by atoms with Crippen molar-refractivity contribution in [3.8, 4) is 0 Å². The first kappa shape index (κ1) is 13.9. The topological polar surface area (TPSA) is 90.3 Å². The quantitative estimate of drug-likeness (QED) is 0.815. The van der Waals surface area contributed by atoms with Crippen molar-refractivity contribution in [3.05, 3.63) is 12.3 Å². The maximum Gasteiger partial charge on any atom is 0.310 e. The van der Waals surface area contributed by atoms with Crippen molar-refractivity contribution in [1.29, 1.82) is 0 Å². The Morgan fingerprint density at radius 2 is 2.26 bits per heavy atom. The second-order valence-electron chi connectivity index (χ2n) is 4.59. The number of hydrogen-bond donors (Lipinski definition) is 1. The standard InChI is InChI=1S/C11H17N3O4S/c1-14-10(6-7-12-14)13-19(16,17)9-5-3-4-8(9)11(15)18-2/h6-9,13H,3-5H2,1-2H3. The SMILES string of the molecule is COC(=O)C1CCCC1S(=O)(=O)Nc1ccnn1C. The predicted molar refractivity (Wildman–Crippen MR) is 68.9 cm³/mol. The molecule has 2 rings (SSSR count). The third-order valence-electron chi connectivity index (χ3n) is 3.42.